The molecule has 2 atom stereocenters. The molecule has 0 aliphatic heterocycles. The van der Waals surface area contributed by atoms with E-state index in [0.717, 1.165) is 61.6 Å². The predicted molar refractivity (Wildman–Crippen MR) is 163 cm³/mol. The molecular weight excluding hydrogens is 510 g/mol. The van der Waals surface area contributed by atoms with Crippen LogP contribution >= 0.6 is 11.8 Å². The Kier molecular flexibility index (Phi) is 16.2. The summed E-state index contributed by atoms with van der Waals surface area (Å²) in [4.78, 5) is 42.4. The SMILES string of the molecule is CCCCCCN(C(=O)C(CCSC)NC(=O)OC(C)(C)C)C(C(=O)NCCCCC)c1ccc(C)c(C)c1. The van der Waals surface area contributed by atoms with Crippen LogP contribution in [0.3, 0.4) is 0 Å². The van der Waals surface area contributed by atoms with Gasteiger partial charge < -0.3 is 20.3 Å². The van der Waals surface area contributed by atoms with Crippen molar-refractivity contribution < 1.29 is 19.1 Å². The first-order valence-electron chi connectivity index (χ1n) is 14.6. The Morgan fingerprint density at radius 3 is 2.23 bits per heavy atom. The second-order valence-corrected chi connectivity index (χ2v) is 12.3. The highest BCUT2D eigenvalue weighted by Gasteiger charge is 2.36. The average Bonchev–Trinajstić information content (AvgIpc) is 2.86. The molecule has 222 valence electrons. The molecule has 0 aromatic heterocycles. The molecule has 0 saturated carbocycles. The third kappa shape index (κ3) is 13.1. The van der Waals surface area contributed by atoms with E-state index in [9.17, 15) is 14.4 Å². The molecule has 0 saturated heterocycles. The number of rotatable bonds is 17. The summed E-state index contributed by atoms with van der Waals surface area (Å²) in [5.74, 6) is 0.255. The van der Waals surface area contributed by atoms with Crippen LogP contribution in [0.15, 0.2) is 18.2 Å². The van der Waals surface area contributed by atoms with Gasteiger partial charge in [0.1, 0.15) is 17.7 Å². The van der Waals surface area contributed by atoms with Gasteiger partial charge in [-0.25, -0.2) is 4.79 Å². The highest BCUT2D eigenvalue weighted by molar-refractivity contribution is 7.98. The van der Waals surface area contributed by atoms with Crippen LogP contribution in [0.1, 0.15) is 109 Å². The standard InChI is InChI=1S/C31H53N3O4S/c1-9-11-13-15-20-34(29(36)26(18-21-39-8)33-30(37)38-31(5,6)7)27(28(35)32-19-14-12-10-2)25-17-16-23(3)24(4)22-25/h16-17,22,26-27H,9-15,18-21H2,1-8H3,(H,32,35)(H,33,37). The van der Waals surface area contributed by atoms with Gasteiger partial charge in [0.05, 0.1) is 0 Å². The lowest BCUT2D eigenvalue weighted by atomic mass is 9.97. The molecule has 39 heavy (non-hydrogen) atoms. The second-order valence-electron chi connectivity index (χ2n) is 11.3. The zero-order valence-corrected chi connectivity index (χ0v) is 26.5. The quantitative estimate of drug-likeness (QED) is 0.206. The Morgan fingerprint density at radius 2 is 1.64 bits per heavy atom. The minimum atomic E-state index is -0.791. The molecule has 0 heterocycles. The average molecular weight is 564 g/mol. The maximum absolute atomic E-state index is 14.2. The number of carbonyl (C=O) groups excluding carboxylic acids is 3. The maximum Gasteiger partial charge on any atom is 0.408 e. The summed E-state index contributed by atoms with van der Waals surface area (Å²) in [5, 5.41) is 5.91. The predicted octanol–water partition coefficient (Wildman–Crippen LogP) is 6.71. The van der Waals surface area contributed by atoms with Crippen LogP contribution in [0.25, 0.3) is 0 Å². The lowest BCUT2D eigenvalue weighted by Crippen LogP contribution is -2.53. The van der Waals surface area contributed by atoms with Crippen molar-refractivity contribution >= 4 is 29.7 Å². The van der Waals surface area contributed by atoms with Crippen molar-refractivity contribution in [1.82, 2.24) is 15.5 Å². The fourth-order valence-electron chi connectivity index (χ4n) is 4.31. The minimum absolute atomic E-state index is 0.181. The van der Waals surface area contributed by atoms with Crippen LogP contribution in [0.2, 0.25) is 0 Å². The van der Waals surface area contributed by atoms with E-state index in [4.69, 9.17) is 4.74 Å². The van der Waals surface area contributed by atoms with Crippen molar-refractivity contribution in [3.8, 4) is 0 Å². The number of hydrogen-bond acceptors (Lipinski definition) is 5. The van der Waals surface area contributed by atoms with E-state index in [1.54, 1.807) is 37.4 Å². The van der Waals surface area contributed by atoms with E-state index in [-0.39, 0.29) is 11.8 Å². The monoisotopic (exact) mass is 563 g/mol. The van der Waals surface area contributed by atoms with Crippen LogP contribution in [-0.2, 0) is 14.3 Å². The summed E-state index contributed by atoms with van der Waals surface area (Å²) in [7, 11) is 0. The molecule has 0 aliphatic carbocycles. The van der Waals surface area contributed by atoms with Gasteiger partial charge in [0.2, 0.25) is 11.8 Å². The van der Waals surface area contributed by atoms with Gasteiger partial charge in [-0.3, -0.25) is 9.59 Å². The van der Waals surface area contributed by atoms with Crippen LogP contribution in [0.4, 0.5) is 4.79 Å². The van der Waals surface area contributed by atoms with Crippen LogP contribution in [-0.4, -0.2) is 59.5 Å². The zero-order chi connectivity index (χ0) is 29.4. The molecule has 1 aromatic rings. The van der Waals surface area contributed by atoms with Crippen molar-refractivity contribution in [2.45, 2.75) is 118 Å². The number of hydrogen-bond donors (Lipinski definition) is 2. The van der Waals surface area contributed by atoms with Gasteiger partial charge in [0.15, 0.2) is 0 Å². The van der Waals surface area contributed by atoms with Crippen molar-refractivity contribution in [2.75, 3.05) is 25.1 Å². The van der Waals surface area contributed by atoms with Crippen LogP contribution in [0.5, 0.6) is 0 Å². The molecule has 1 aromatic carbocycles. The molecule has 3 amide bonds. The normalized spacial score (nSPS) is 12.9. The number of nitrogens with one attached hydrogen (secondary N) is 2. The highest BCUT2D eigenvalue weighted by atomic mass is 32.2. The van der Waals surface area contributed by atoms with Crippen LogP contribution < -0.4 is 10.6 Å². The Hall–Kier alpha value is -2.22. The summed E-state index contributed by atoms with van der Waals surface area (Å²) >= 11 is 1.61. The summed E-state index contributed by atoms with van der Waals surface area (Å²) in [5.41, 5.74) is 2.31. The highest BCUT2D eigenvalue weighted by Crippen LogP contribution is 2.26. The first kappa shape index (κ1) is 34.8. The molecule has 2 unspecified atom stereocenters. The lowest BCUT2D eigenvalue weighted by molar-refractivity contribution is -0.142. The van der Waals surface area contributed by atoms with Crippen LogP contribution in [0, 0.1) is 13.8 Å². The molecule has 8 heteroatoms. The van der Waals surface area contributed by atoms with E-state index in [1.165, 1.54) is 0 Å². The summed E-state index contributed by atoms with van der Waals surface area (Å²) in [6, 6.07) is 4.39. The maximum atomic E-state index is 14.2. The smallest absolute Gasteiger partial charge is 0.408 e. The van der Waals surface area contributed by atoms with E-state index >= 15 is 0 Å². The molecule has 0 aliphatic rings. The molecule has 0 bridgehead atoms. The van der Waals surface area contributed by atoms with Gasteiger partial charge in [-0.15, -0.1) is 0 Å². The topological polar surface area (TPSA) is 87.7 Å². The van der Waals surface area contributed by atoms with E-state index in [1.807, 2.05) is 38.3 Å². The summed E-state index contributed by atoms with van der Waals surface area (Å²) in [6.45, 7) is 14.7. The number of nitrogens with zero attached hydrogens (tertiary/aromatic N) is 1. The van der Waals surface area contributed by atoms with Gasteiger partial charge in [0, 0.05) is 13.1 Å². The number of alkyl carbamates (subject to hydrolysis) is 1. The fraction of sp³-hybridized carbons (Fsp3) is 0.710. The number of thioether (sulfide) groups is 1. The van der Waals surface area contributed by atoms with Gasteiger partial charge in [0.25, 0.3) is 0 Å². The minimum Gasteiger partial charge on any atom is -0.444 e. The van der Waals surface area contributed by atoms with E-state index in [2.05, 4.69) is 24.5 Å². The summed E-state index contributed by atoms with van der Waals surface area (Å²) < 4.78 is 5.48. The van der Waals surface area contributed by atoms with Crippen molar-refractivity contribution in [1.29, 1.82) is 0 Å². The molecule has 0 spiro atoms. The second kappa shape index (κ2) is 18.2. The van der Waals surface area contributed by atoms with Gasteiger partial charge in [-0.1, -0.05) is 64.2 Å². The van der Waals surface area contributed by atoms with Crippen molar-refractivity contribution in [3.05, 3.63) is 34.9 Å². The van der Waals surface area contributed by atoms with Gasteiger partial charge in [-0.2, -0.15) is 11.8 Å². The Labute approximate surface area is 241 Å². The third-order valence-corrected chi connectivity index (χ3v) is 7.27. The van der Waals surface area contributed by atoms with Gasteiger partial charge >= 0.3 is 6.09 Å². The number of benzene rings is 1. The number of ether oxygens (including phenoxy) is 1. The van der Waals surface area contributed by atoms with E-state index in [0.29, 0.717) is 25.3 Å². The van der Waals surface area contributed by atoms with Crippen molar-refractivity contribution in [3.63, 3.8) is 0 Å². The first-order chi connectivity index (χ1) is 18.4. The molecular formula is C31H53N3O4S. The Bertz CT molecular complexity index is 900. The molecule has 0 radical (unpaired) electrons. The first-order valence-corrected chi connectivity index (χ1v) is 16.0. The number of unbranched alkanes of at least 4 members (excludes halogenated alkanes) is 5. The lowest BCUT2D eigenvalue weighted by Gasteiger charge is -2.35. The summed E-state index contributed by atoms with van der Waals surface area (Å²) in [6.07, 6.45) is 8.66. The Balaban J connectivity index is 3.46. The number of aryl methyl sites for hydroxylation is 2. The van der Waals surface area contributed by atoms with E-state index < -0.39 is 23.8 Å². The largest absolute Gasteiger partial charge is 0.444 e. The zero-order valence-electron chi connectivity index (χ0n) is 25.7. The number of amides is 3. The molecule has 2 N–H and O–H groups in total. The fourth-order valence-corrected chi connectivity index (χ4v) is 4.78. The number of carbonyl (C=O) groups is 3. The Morgan fingerprint density at radius 1 is 0.974 bits per heavy atom. The van der Waals surface area contributed by atoms with Gasteiger partial charge in [-0.05, 0) is 82.6 Å². The molecule has 1 rings (SSSR count). The van der Waals surface area contributed by atoms with Crippen molar-refractivity contribution in [2.24, 2.45) is 0 Å². The molecule has 0 fully saturated rings. The third-order valence-electron chi connectivity index (χ3n) is 6.62. The molecule has 7 nitrogen and oxygen atoms in total.